The van der Waals surface area contributed by atoms with Crippen LogP contribution in [0, 0.1) is 13.8 Å². The van der Waals surface area contributed by atoms with Crippen LogP contribution < -0.4 is 5.32 Å². The van der Waals surface area contributed by atoms with E-state index < -0.39 is 0 Å². The summed E-state index contributed by atoms with van der Waals surface area (Å²) in [6.45, 7) is 15.3. The Bertz CT molecular complexity index is 1110. The highest BCUT2D eigenvalue weighted by molar-refractivity contribution is 7.20. The van der Waals surface area contributed by atoms with E-state index in [0.717, 1.165) is 65.7 Å². The standard InChI is InChI=1S/C25H32N4O2S/c1-16-20-17(2)27-24(25(3,4)5)28-23(20)32-21(16)22(30)26-14-18-6-8-19(9-7-18)15-29-10-12-31-13-11-29/h6-9H,10-15H2,1-5H3,(H,26,30). The Kier molecular flexibility index (Phi) is 6.60. The fourth-order valence-electron chi connectivity index (χ4n) is 3.93. The van der Waals surface area contributed by atoms with Crippen LogP contribution in [0.4, 0.5) is 0 Å². The second-order valence-electron chi connectivity index (χ2n) is 9.51. The van der Waals surface area contributed by atoms with Crippen LogP contribution in [0.2, 0.25) is 0 Å². The van der Waals surface area contributed by atoms with E-state index in [9.17, 15) is 4.79 Å². The zero-order chi connectivity index (χ0) is 22.9. The molecule has 0 unspecified atom stereocenters. The van der Waals surface area contributed by atoms with Crippen molar-refractivity contribution in [3.8, 4) is 0 Å². The Morgan fingerprint density at radius 2 is 1.75 bits per heavy atom. The number of hydrogen-bond acceptors (Lipinski definition) is 6. The van der Waals surface area contributed by atoms with Crippen molar-refractivity contribution in [3.05, 3.63) is 57.4 Å². The molecule has 0 saturated carbocycles. The Labute approximate surface area is 194 Å². The Morgan fingerprint density at radius 1 is 1.09 bits per heavy atom. The first-order valence-corrected chi connectivity index (χ1v) is 12.0. The van der Waals surface area contributed by atoms with Gasteiger partial charge in [-0.1, -0.05) is 45.0 Å². The number of ether oxygens (including phenoxy) is 1. The number of nitrogens with one attached hydrogen (secondary N) is 1. The number of carbonyl (C=O) groups is 1. The lowest BCUT2D eigenvalue weighted by Gasteiger charge is -2.26. The highest BCUT2D eigenvalue weighted by Crippen LogP contribution is 2.33. The topological polar surface area (TPSA) is 67.4 Å². The molecule has 1 aliphatic heterocycles. The molecule has 1 fully saturated rings. The molecule has 1 aliphatic rings. The fourth-order valence-corrected chi connectivity index (χ4v) is 5.08. The smallest absolute Gasteiger partial charge is 0.261 e. The minimum atomic E-state index is -0.132. The Hall–Kier alpha value is -2.35. The molecule has 170 valence electrons. The van der Waals surface area contributed by atoms with Crippen molar-refractivity contribution in [2.24, 2.45) is 0 Å². The zero-order valence-electron chi connectivity index (χ0n) is 19.6. The third-order valence-electron chi connectivity index (χ3n) is 5.83. The van der Waals surface area contributed by atoms with Crippen LogP contribution in [0.1, 0.15) is 58.7 Å². The number of aromatic nitrogens is 2. The number of nitrogens with zero attached hydrogens (tertiary/aromatic N) is 3. The first-order chi connectivity index (χ1) is 15.2. The normalized spacial score (nSPS) is 15.3. The third-order valence-corrected chi connectivity index (χ3v) is 7.02. The average Bonchev–Trinajstić information content (AvgIpc) is 3.10. The van der Waals surface area contributed by atoms with E-state index in [-0.39, 0.29) is 11.3 Å². The fraction of sp³-hybridized carbons (Fsp3) is 0.480. The molecule has 1 aromatic carbocycles. The quantitative estimate of drug-likeness (QED) is 0.623. The van der Waals surface area contributed by atoms with Crippen LogP contribution in [0.5, 0.6) is 0 Å². The zero-order valence-corrected chi connectivity index (χ0v) is 20.4. The van der Waals surface area contributed by atoms with Gasteiger partial charge in [-0.2, -0.15) is 0 Å². The number of hydrogen-bond donors (Lipinski definition) is 1. The Morgan fingerprint density at radius 3 is 2.41 bits per heavy atom. The first kappa shape index (κ1) is 22.8. The average molecular weight is 453 g/mol. The van der Waals surface area contributed by atoms with Gasteiger partial charge in [0.15, 0.2) is 0 Å². The number of amides is 1. The molecule has 4 rings (SSSR count). The maximum absolute atomic E-state index is 13.0. The summed E-state index contributed by atoms with van der Waals surface area (Å²) in [7, 11) is 0. The monoisotopic (exact) mass is 452 g/mol. The van der Waals surface area contributed by atoms with Crippen molar-refractivity contribution in [2.75, 3.05) is 26.3 Å². The molecule has 2 aromatic heterocycles. The van der Waals surface area contributed by atoms with Gasteiger partial charge in [0.25, 0.3) is 5.91 Å². The van der Waals surface area contributed by atoms with E-state index >= 15 is 0 Å². The summed E-state index contributed by atoms with van der Waals surface area (Å²) in [5.41, 5.74) is 4.14. The van der Waals surface area contributed by atoms with E-state index in [4.69, 9.17) is 14.7 Å². The lowest BCUT2D eigenvalue weighted by Crippen LogP contribution is -2.35. The number of aryl methyl sites for hydroxylation is 2. The molecule has 1 amide bonds. The van der Waals surface area contributed by atoms with Crippen LogP contribution in [0.25, 0.3) is 10.2 Å². The second kappa shape index (κ2) is 9.25. The van der Waals surface area contributed by atoms with E-state index in [0.29, 0.717) is 11.4 Å². The minimum absolute atomic E-state index is 0.0559. The molecule has 0 spiro atoms. The van der Waals surface area contributed by atoms with Crippen molar-refractivity contribution in [1.29, 1.82) is 0 Å². The predicted octanol–water partition coefficient (Wildman–Crippen LogP) is 4.37. The summed E-state index contributed by atoms with van der Waals surface area (Å²) in [5, 5.41) is 4.08. The van der Waals surface area contributed by atoms with Crippen LogP contribution >= 0.6 is 11.3 Å². The van der Waals surface area contributed by atoms with Crippen molar-refractivity contribution in [3.63, 3.8) is 0 Å². The van der Waals surface area contributed by atoms with Gasteiger partial charge in [-0.25, -0.2) is 9.97 Å². The van der Waals surface area contributed by atoms with Gasteiger partial charge in [-0.05, 0) is 30.5 Å². The molecule has 0 aliphatic carbocycles. The minimum Gasteiger partial charge on any atom is -0.379 e. The predicted molar refractivity (Wildman–Crippen MR) is 129 cm³/mol. The Balaban J connectivity index is 1.43. The summed E-state index contributed by atoms with van der Waals surface area (Å²) in [4.78, 5) is 26.4. The number of morpholine rings is 1. The molecule has 1 N–H and O–H groups in total. The lowest BCUT2D eigenvalue weighted by atomic mass is 9.95. The third kappa shape index (κ3) is 5.00. The van der Waals surface area contributed by atoms with Gasteiger partial charge in [-0.15, -0.1) is 11.3 Å². The largest absolute Gasteiger partial charge is 0.379 e. The molecule has 1 saturated heterocycles. The lowest BCUT2D eigenvalue weighted by molar-refractivity contribution is 0.0342. The molecule has 0 atom stereocenters. The SMILES string of the molecule is Cc1nc(C(C)(C)C)nc2sc(C(=O)NCc3ccc(CN4CCOCC4)cc3)c(C)c12. The van der Waals surface area contributed by atoms with E-state index in [2.05, 4.69) is 55.3 Å². The summed E-state index contributed by atoms with van der Waals surface area (Å²) in [6, 6.07) is 8.49. The number of carbonyl (C=O) groups excluding carboxylic acids is 1. The highest BCUT2D eigenvalue weighted by Gasteiger charge is 2.23. The summed E-state index contributed by atoms with van der Waals surface area (Å²) >= 11 is 1.45. The second-order valence-corrected chi connectivity index (χ2v) is 10.5. The van der Waals surface area contributed by atoms with Crippen LogP contribution in [0.3, 0.4) is 0 Å². The number of thiophene rings is 1. The summed E-state index contributed by atoms with van der Waals surface area (Å²) < 4.78 is 5.41. The van der Waals surface area contributed by atoms with Crippen molar-refractivity contribution in [1.82, 2.24) is 20.2 Å². The van der Waals surface area contributed by atoms with Crippen LogP contribution in [-0.2, 0) is 23.2 Å². The molecule has 6 nitrogen and oxygen atoms in total. The number of rotatable bonds is 5. The van der Waals surface area contributed by atoms with Crippen molar-refractivity contribution >= 4 is 27.5 Å². The van der Waals surface area contributed by atoms with Gasteiger partial charge >= 0.3 is 0 Å². The van der Waals surface area contributed by atoms with Crippen LogP contribution in [-0.4, -0.2) is 47.1 Å². The van der Waals surface area contributed by atoms with Crippen molar-refractivity contribution < 1.29 is 9.53 Å². The number of benzene rings is 1. The highest BCUT2D eigenvalue weighted by atomic mass is 32.1. The van der Waals surface area contributed by atoms with Gasteiger partial charge in [-0.3, -0.25) is 9.69 Å². The van der Waals surface area contributed by atoms with Gasteiger partial charge in [0.2, 0.25) is 0 Å². The van der Waals surface area contributed by atoms with Gasteiger partial charge in [0, 0.05) is 37.0 Å². The molecule has 0 radical (unpaired) electrons. The van der Waals surface area contributed by atoms with E-state index in [1.54, 1.807) is 0 Å². The van der Waals surface area contributed by atoms with Crippen molar-refractivity contribution in [2.45, 2.75) is 53.1 Å². The molecule has 3 heterocycles. The van der Waals surface area contributed by atoms with E-state index in [1.807, 2.05) is 13.8 Å². The van der Waals surface area contributed by atoms with E-state index in [1.165, 1.54) is 16.9 Å². The summed E-state index contributed by atoms with van der Waals surface area (Å²) in [6.07, 6.45) is 0. The molecule has 32 heavy (non-hydrogen) atoms. The van der Waals surface area contributed by atoms with Gasteiger partial charge < -0.3 is 10.1 Å². The number of fused-ring (bicyclic) bond motifs is 1. The van der Waals surface area contributed by atoms with Crippen LogP contribution in [0.15, 0.2) is 24.3 Å². The van der Waals surface area contributed by atoms with Gasteiger partial charge in [0.1, 0.15) is 10.7 Å². The maximum Gasteiger partial charge on any atom is 0.261 e. The first-order valence-electron chi connectivity index (χ1n) is 11.2. The molecular weight excluding hydrogens is 420 g/mol. The van der Waals surface area contributed by atoms with Gasteiger partial charge in [0.05, 0.1) is 23.8 Å². The summed E-state index contributed by atoms with van der Waals surface area (Å²) in [5.74, 6) is 0.757. The molecule has 3 aromatic rings. The molecular formula is C25H32N4O2S. The maximum atomic E-state index is 13.0. The molecule has 0 bridgehead atoms. The molecule has 7 heteroatoms.